The van der Waals surface area contributed by atoms with Crippen LogP contribution in [0.5, 0.6) is 0 Å². The lowest BCUT2D eigenvalue weighted by molar-refractivity contribution is 0.497. The van der Waals surface area contributed by atoms with Crippen LogP contribution in [0, 0.1) is 0 Å². The summed E-state index contributed by atoms with van der Waals surface area (Å²) in [5, 5.41) is 0. The molecular weight excluding hydrogens is 182 g/mol. The van der Waals surface area contributed by atoms with Crippen LogP contribution in [0.2, 0.25) is 0 Å². The lowest BCUT2D eigenvalue weighted by Crippen LogP contribution is -2.41. The van der Waals surface area contributed by atoms with Gasteiger partial charge in [-0.15, -0.1) is 0 Å². The van der Waals surface area contributed by atoms with Crippen molar-refractivity contribution >= 4 is 5.69 Å². The normalized spacial score (nSPS) is 21.9. The van der Waals surface area contributed by atoms with Crippen LogP contribution in [-0.4, -0.2) is 12.1 Å². The lowest BCUT2D eigenvalue weighted by Gasteiger charge is -2.35. The van der Waals surface area contributed by atoms with Crippen molar-refractivity contribution in [3.63, 3.8) is 0 Å². The molecule has 3 rings (SSSR count). The Bertz CT molecular complexity index is 396. The average Bonchev–Trinajstić information content (AvgIpc) is 2.84. The predicted molar refractivity (Wildman–Crippen MR) is 64.5 cm³/mol. The van der Waals surface area contributed by atoms with E-state index in [2.05, 4.69) is 49.9 Å². The van der Waals surface area contributed by atoms with Gasteiger partial charge < -0.3 is 4.90 Å². The maximum Gasteiger partial charge on any atom is 0.0409 e. The molecule has 0 atom stereocenters. The van der Waals surface area contributed by atoms with Gasteiger partial charge in [-0.25, -0.2) is 0 Å². The zero-order valence-corrected chi connectivity index (χ0v) is 9.88. The van der Waals surface area contributed by atoms with E-state index in [9.17, 15) is 0 Å². The molecule has 0 radical (unpaired) electrons. The molecule has 2 aliphatic rings. The van der Waals surface area contributed by atoms with Gasteiger partial charge in [0.25, 0.3) is 0 Å². The largest absolute Gasteiger partial charge is 0.366 e. The van der Waals surface area contributed by atoms with Crippen molar-refractivity contribution in [3.05, 3.63) is 29.8 Å². The van der Waals surface area contributed by atoms with Crippen molar-refractivity contribution in [2.75, 3.05) is 11.4 Å². The highest BCUT2D eigenvalue weighted by molar-refractivity contribution is 5.66. The first-order valence-electron chi connectivity index (χ1n) is 5.90. The SMILES string of the molecule is CC(C)(C)N1CC2(CC2)c2ccccc21. The zero-order valence-electron chi connectivity index (χ0n) is 9.88. The molecule has 80 valence electrons. The molecule has 1 saturated carbocycles. The van der Waals surface area contributed by atoms with Crippen molar-refractivity contribution < 1.29 is 0 Å². The molecule has 0 amide bonds. The molecule has 0 saturated heterocycles. The standard InChI is InChI=1S/C14H19N/c1-13(2,3)15-10-14(8-9-14)11-6-4-5-7-12(11)15/h4-7H,8-10H2,1-3H3. The molecular formula is C14H19N. The fraction of sp³-hybridized carbons (Fsp3) is 0.571. The second-order valence-electron chi connectivity index (χ2n) is 6.05. The van der Waals surface area contributed by atoms with Crippen LogP contribution < -0.4 is 4.90 Å². The molecule has 0 bridgehead atoms. The number of nitrogens with zero attached hydrogens (tertiary/aromatic N) is 1. The molecule has 1 heteroatoms. The number of anilines is 1. The summed E-state index contributed by atoms with van der Waals surface area (Å²) in [4.78, 5) is 2.58. The Kier molecular flexibility index (Phi) is 1.59. The molecule has 1 aromatic carbocycles. The Hall–Kier alpha value is -0.980. The van der Waals surface area contributed by atoms with Gasteiger partial charge in [-0.2, -0.15) is 0 Å². The topological polar surface area (TPSA) is 3.24 Å². The van der Waals surface area contributed by atoms with Crippen LogP contribution in [0.15, 0.2) is 24.3 Å². The second kappa shape index (κ2) is 2.58. The Labute approximate surface area is 92.1 Å². The van der Waals surface area contributed by atoms with Crippen molar-refractivity contribution in [2.24, 2.45) is 0 Å². The van der Waals surface area contributed by atoms with E-state index in [-0.39, 0.29) is 5.54 Å². The number of rotatable bonds is 0. The van der Waals surface area contributed by atoms with E-state index in [1.807, 2.05) is 0 Å². The summed E-state index contributed by atoms with van der Waals surface area (Å²) in [6, 6.07) is 8.96. The van der Waals surface area contributed by atoms with Gasteiger partial charge in [0.05, 0.1) is 0 Å². The molecule has 0 unspecified atom stereocenters. The van der Waals surface area contributed by atoms with Crippen molar-refractivity contribution in [2.45, 2.75) is 44.6 Å². The number of hydrogen-bond donors (Lipinski definition) is 0. The van der Waals surface area contributed by atoms with E-state index in [0.29, 0.717) is 5.41 Å². The molecule has 1 aliphatic carbocycles. The Morgan fingerprint density at radius 3 is 2.40 bits per heavy atom. The first kappa shape index (κ1) is 9.26. The van der Waals surface area contributed by atoms with Crippen LogP contribution in [0.25, 0.3) is 0 Å². The van der Waals surface area contributed by atoms with E-state index in [4.69, 9.17) is 0 Å². The summed E-state index contributed by atoms with van der Waals surface area (Å²) in [5.41, 5.74) is 3.86. The van der Waals surface area contributed by atoms with E-state index in [1.54, 1.807) is 5.56 Å². The highest BCUT2D eigenvalue weighted by Gasteiger charge is 2.53. The van der Waals surface area contributed by atoms with Gasteiger partial charge in [0.15, 0.2) is 0 Å². The first-order chi connectivity index (χ1) is 7.03. The molecule has 0 aromatic heterocycles. The molecule has 1 aliphatic heterocycles. The van der Waals surface area contributed by atoms with Gasteiger partial charge in [-0.3, -0.25) is 0 Å². The Balaban J connectivity index is 2.11. The number of benzene rings is 1. The van der Waals surface area contributed by atoms with Crippen molar-refractivity contribution in [1.82, 2.24) is 0 Å². The number of fused-ring (bicyclic) bond motifs is 2. The zero-order chi connectivity index (χ0) is 10.7. The van der Waals surface area contributed by atoms with E-state index in [1.165, 1.54) is 25.1 Å². The second-order valence-corrected chi connectivity index (χ2v) is 6.05. The molecule has 1 spiro atoms. The van der Waals surface area contributed by atoms with Gasteiger partial charge in [-0.05, 0) is 45.2 Å². The number of para-hydroxylation sites is 1. The van der Waals surface area contributed by atoms with E-state index in [0.717, 1.165) is 0 Å². The summed E-state index contributed by atoms with van der Waals surface area (Å²) in [5.74, 6) is 0. The summed E-state index contributed by atoms with van der Waals surface area (Å²) >= 11 is 0. The quantitative estimate of drug-likeness (QED) is 0.622. The molecule has 1 fully saturated rings. The summed E-state index contributed by atoms with van der Waals surface area (Å²) < 4.78 is 0. The minimum atomic E-state index is 0.252. The fourth-order valence-corrected chi connectivity index (χ4v) is 2.81. The van der Waals surface area contributed by atoms with Crippen molar-refractivity contribution in [3.8, 4) is 0 Å². The van der Waals surface area contributed by atoms with Crippen molar-refractivity contribution in [1.29, 1.82) is 0 Å². The minimum absolute atomic E-state index is 0.252. The van der Waals surface area contributed by atoms with Gasteiger partial charge in [0.2, 0.25) is 0 Å². The fourth-order valence-electron chi connectivity index (χ4n) is 2.81. The molecule has 15 heavy (non-hydrogen) atoms. The van der Waals surface area contributed by atoms with Gasteiger partial charge in [0, 0.05) is 23.2 Å². The molecule has 1 nitrogen and oxygen atoms in total. The van der Waals surface area contributed by atoms with Gasteiger partial charge in [0.1, 0.15) is 0 Å². The van der Waals surface area contributed by atoms with Crippen LogP contribution in [0.4, 0.5) is 5.69 Å². The predicted octanol–water partition coefficient (Wildman–Crippen LogP) is 3.34. The Morgan fingerprint density at radius 2 is 1.80 bits per heavy atom. The lowest BCUT2D eigenvalue weighted by atomic mass is 9.99. The Morgan fingerprint density at radius 1 is 1.13 bits per heavy atom. The highest BCUT2D eigenvalue weighted by atomic mass is 15.2. The first-order valence-corrected chi connectivity index (χ1v) is 5.90. The minimum Gasteiger partial charge on any atom is -0.366 e. The van der Waals surface area contributed by atoms with Gasteiger partial charge >= 0.3 is 0 Å². The molecule has 0 N–H and O–H groups in total. The maximum absolute atomic E-state index is 2.58. The van der Waals surface area contributed by atoms with Crippen LogP contribution in [0.3, 0.4) is 0 Å². The molecule has 1 heterocycles. The summed E-state index contributed by atoms with van der Waals surface area (Å²) in [6.45, 7) is 8.16. The maximum atomic E-state index is 2.58. The van der Waals surface area contributed by atoms with Crippen LogP contribution in [0.1, 0.15) is 39.2 Å². The average molecular weight is 201 g/mol. The third kappa shape index (κ3) is 1.22. The third-order valence-corrected chi connectivity index (χ3v) is 3.89. The van der Waals surface area contributed by atoms with Crippen LogP contribution >= 0.6 is 0 Å². The highest BCUT2D eigenvalue weighted by Crippen LogP contribution is 2.57. The monoisotopic (exact) mass is 201 g/mol. The van der Waals surface area contributed by atoms with E-state index >= 15 is 0 Å². The third-order valence-electron chi connectivity index (χ3n) is 3.89. The summed E-state index contributed by atoms with van der Waals surface area (Å²) in [7, 11) is 0. The van der Waals surface area contributed by atoms with E-state index < -0.39 is 0 Å². The van der Waals surface area contributed by atoms with Crippen LogP contribution in [-0.2, 0) is 5.41 Å². The smallest absolute Gasteiger partial charge is 0.0409 e. The number of hydrogen-bond acceptors (Lipinski definition) is 1. The van der Waals surface area contributed by atoms with Gasteiger partial charge in [-0.1, -0.05) is 18.2 Å². The molecule has 1 aromatic rings. The summed E-state index contributed by atoms with van der Waals surface area (Å²) in [6.07, 6.45) is 2.77.